The number of nitrogens with one attached hydrogen (secondary N) is 2. The number of anilines is 2. The fraction of sp³-hybridized carbons (Fsp3) is 0.440. The molecule has 7 rings (SSSR count). The van der Waals surface area contributed by atoms with Crippen LogP contribution in [-0.2, 0) is 20.7 Å². The Morgan fingerprint density at radius 3 is 2.73 bits per heavy atom. The molecule has 3 saturated heterocycles. The highest BCUT2D eigenvalue weighted by molar-refractivity contribution is 6.04. The lowest BCUT2D eigenvalue weighted by atomic mass is 9.66. The molecule has 0 bridgehead atoms. The van der Waals surface area contributed by atoms with Crippen LogP contribution in [0.1, 0.15) is 31.3 Å². The molecule has 0 saturated carbocycles. The minimum atomic E-state index is -1.61. The molecule has 3 N–H and O–H groups in total. The van der Waals surface area contributed by atoms with Gasteiger partial charge in [0, 0.05) is 18.9 Å². The first-order valence-corrected chi connectivity index (χ1v) is 12.8. The molecule has 4 amide bonds. The summed E-state index contributed by atoms with van der Waals surface area (Å²) in [7, 11) is 0. The van der Waals surface area contributed by atoms with Crippen LogP contribution in [0.4, 0.5) is 25.5 Å². The van der Waals surface area contributed by atoms with Gasteiger partial charge in [0.25, 0.3) is 0 Å². The van der Waals surface area contributed by atoms with E-state index in [4.69, 9.17) is 14.0 Å². The number of hydrogen-bond acceptors (Lipinski definition) is 11. The van der Waals surface area contributed by atoms with Gasteiger partial charge in [0.15, 0.2) is 17.5 Å². The molecule has 2 aromatic heterocycles. The summed E-state index contributed by atoms with van der Waals surface area (Å²) in [5.41, 5.74) is -1.26. The molecule has 6 heterocycles. The van der Waals surface area contributed by atoms with Crippen LogP contribution in [0, 0.1) is 11.2 Å². The highest BCUT2D eigenvalue weighted by atomic mass is 19.1. The molecule has 1 spiro atoms. The van der Waals surface area contributed by atoms with Crippen molar-refractivity contribution in [1.29, 1.82) is 0 Å². The fourth-order valence-electron chi connectivity index (χ4n) is 6.60. The van der Waals surface area contributed by atoms with Gasteiger partial charge in [-0.1, -0.05) is 5.16 Å². The van der Waals surface area contributed by atoms with Crippen molar-refractivity contribution in [3.63, 3.8) is 0 Å². The third-order valence-corrected chi connectivity index (χ3v) is 8.11. The smallest absolute Gasteiger partial charge is 0.416 e. The molecular weight excluding hydrogens is 529 g/mol. The monoisotopic (exact) mass is 553 g/mol. The lowest BCUT2D eigenvalue weighted by Crippen LogP contribution is -2.76. The number of aliphatic hydroxyl groups excluding tert-OH is 1. The van der Waals surface area contributed by atoms with Gasteiger partial charge in [0.2, 0.25) is 11.5 Å². The number of nitrogens with zero attached hydrogens (tertiary/aromatic N) is 5. The van der Waals surface area contributed by atoms with E-state index >= 15 is 4.39 Å². The third kappa shape index (κ3) is 3.27. The Hall–Kier alpha value is -4.37. The molecule has 40 heavy (non-hydrogen) atoms. The van der Waals surface area contributed by atoms with E-state index < -0.39 is 53.7 Å². The van der Waals surface area contributed by atoms with E-state index in [-0.39, 0.29) is 48.2 Å². The van der Waals surface area contributed by atoms with E-state index in [1.54, 1.807) is 24.0 Å². The van der Waals surface area contributed by atoms with Gasteiger partial charge in [-0.2, -0.15) is 0 Å². The van der Waals surface area contributed by atoms with Crippen LogP contribution in [0.25, 0.3) is 11.0 Å². The maximum absolute atomic E-state index is 16.4. The minimum Gasteiger partial charge on any atom is -0.446 e. The lowest BCUT2D eigenvalue weighted by molar-refractivity contribution is -0.155. The van der Waals surface area contributed by atoms with Crippen LogP contribution < -0.4 is 20.4 Å². The number of fused-ring (bicyclic) bond motifs is 5. The molecular formula is C25H24FN7O7. The normalized spacial score (nSPS) is 31.6. The van der Waals surface area contributed by atoms with Crippen LogP contribution >= 0.6 is 0 Å². The number of carbonyl (C=O) groups excluding carboxylic acids is 3. The number of imide groups is 1. The zero-order valence-electron chi connectivity index (χ0n) is 21.3. The number of rotatable bonds is 2. The Kier molecular flexibility index (Phi) is 5.28. The maximum Gasteiger partial charge on any atom is 0.416 e. The average Bonchev–Trinajstić information content (AvgIpc) is 3.50. The van der Waals surface area contributed by atoms with Crippen molar-refractivity contribution in [2.45, 2.75) is 50.8 Å². The molecule has 3 aromatic rings. The molecule has 2 unspecified atom stereocenters. The van der Waals surface area contributed by atoms with Gasteiger partial charge in [-0.25, -0.2) is 28.8 Å². The number of ether oxygens (including phenoxy) is 2. The molecule has 4 aliphatic heterocycles. The van der Waals surface area contributed by atoms with Crippen molar-refractivity contribution in [2.24, 2.45) is 5.41 Å². The van der Waals surface area contributed by atoms with Crippen molar-refractivity contribution in [2.75, 3.05) is 23.0 Å². The van der Waals surface area contributed by atoms with Crippen LogP contribution in [0.3, 0.4) is 0 Å². The SMILES string of the molecule is C[C@@H]1CN2c3c(cc4c(N5C(=O)OC[C@@H]5c5ncccn5)noc4c3F)CC3(C(=O)NC(=O)NC3O)[C@H]2[C@H](C)O1. The molecule has 0 aliphatic carbocycles. The second kappa shape index (κ2) is 8.56. The minimum absolute atomic E-state index is 0.00140. The first-order valence-electron chi connectivity index (χ1n) is 12.8. The first kappa shape index (κ1) is 24.7. The summed E-state index contributed by atoms with van der Waals surface area (Å²) >= 11 is 0. The van der Waals surface area contributed by atoms with Gasteiger partial charge in [-0.05, 0) is 38.0 Å². The van der Waals surface area contributed by atoms with Crippen molar-refractivity contribution in [1.82, 2.24) is 25.8 Å². The van der Waals surface area contributed by atoms with Crippen LogP contribution in [0.2, 0.25) is 0 Å². The number of morpholine rings is 1. The second-order valence-corrected chi connectivity index (χ2v) is 10.4. The second-order valence-electron chi connectivity index (χ2n) is 10.4. The number of cyclic esters (lactones) is 1. The Morgan fingerprint density at radius 2 is 1.98 bits per heavy atom. The summed E-state index contributed by atoms with van der Waals surface area (Å²) in [5.74, 6) is -1.13. The van der Waals surface area contributed by atoms with Gasteiger partial charge in [0.1, 0.15) is 24.3 Å². The Bertz CT molecular complexity index is 1570. The van der Waals surface area contributed by atoms with Crippen molar-refractivity contribution in [3.8, 4) is 0 Å². The number of hydrogen-bond donors (Lipinski definition) is 3. The fourth-order valence-corrected chi connectivity index (χ4v) is 6.60. The molecule has 14 nitrogen and oxygen atoms in total. The van der Waals surface area contributed by atoms with Crippen molar-refractivity contribution in [3.05, 3.63) is 41.7 Å². The highest BCUT2D eigenvalue weighted by Crippen LogP contribution is 2.51. The summed E-state index contributed by atoms with van der Waals surface area (Å²) in [6, 6.07) is 0.830. The van der Waals surface area contributed by atoms with E-state index in [0.717, 1.165) is 0 Å². The molecule has 6 atom stereocenters. The summed E-state index contributed by atoms with van der Waals surface area (Å²) in [6.07, 6.45) is -0.353. The van der Waals surface area contributed by atoms with Crippen LogP contribution in [0.5, 0.6) is 0 Å². The highest BCUT2D eigenvalue weighted by Gasteiger charge is 2.63. The summed E-state index contributed by atoms with van der Waals surface area (Å²) in [6.45, 7) is 3.71. The van der Waals surface area contributed by atoms with Gasteiger partial charge in [-0.3, -0.25) is 10.1 Å². The third-order valence-electron chi connectivity index (χ3n) is 8.11. The average molecular weight is 554 g/mol. The number of amides is 4. The summed E-state index contributed by atoms with van der Waals surface area (Å²) < 4.78 is 33.1. The zero-order valence-corrected chi connectivity index (χ0v) is 21.3. The van der Waals surface area contributed by atoms with E-state index in [0.29, 0.717) is 11.4 Å². The van der Waals surface area contributed by atoms with Crippen LogP contribution in [-0.4, -0.2) is 75.9 Å². The molecule has 4 aliphatic rings. The number of aromatic nitrogens is 3. The van der Waals surface area contributed by atoms with Crippen molar-refractivity contribution >= 4 is 40.5 Å². The molecule has 208 valence electrons. The first-order chi connectivity index (χ1) is 19.2. The van der Waals surface area contributed by atoms with E-state index in [1.807, 2.05) is 6.92 Å². The Labute approximate surface area is 225 Å². The van der Waals surface area contributed by atoms with Gasteiger partial charge in [-0.15, -0.1) is 0 Å². The van der Waals surface area contributed by atoms with Gasteiger partial charge < -0.3 is 29.3 Å². The topological polar surface area (TPSA) is 172 Å². The van der Waals surface area contributed by atoms with Gasteiger partial charge >= 0.3 is 12.1 Å². The summed E-state index contributed by atoms with van der Waals surface area (Å²) in [5, 5.41) is 20.0. The number of carbonyl (C=O) groups is 3. The summed E-state index contributed by atoms with van der Waals surface area (Å²) in [4.78, 5) is 49.7. The number of aliphatic hydroxyl groups is 1. The zero-order chi connectivity index (χ0) is 27.9. The Morgan fingerprint density at radius 1 is 1.20 bits per heavy atom. The molecule has 3 fully saturated rings. The lowest BCUT2D eigenvalue weighted by Gasteiger charge is -2.57. The van der Waals surface area contributed by atoms with Gasteiger partial charge in [0.05, 0.1) is 29.3 Å². The standard InChI is InChI=1S/C25H24FN7O7/c1-10-8-32-16-12(7-25(18(32)11(2)39-10)21(34)29-23(36)30-22(25)35)6-13-17(15(16)26)40-31-20(13)33-14(9-38-24(33)37)19-27-4-3-5-28-19/h3-6,10-11,14,18,21,34H,7-9H2,1-2H3,(H2,29,30,35,36)/t10-,11+,14-,18-,21?,25?/m1/s1. The van der Waals surface area contributed by atoms with E-state index in [9.17, 15) is 19.5 Å². The quantitative estimate of drug-likeness (QED) is 0.415. The predicted molar refractivity (Wildman–Crippen MR) is 133 cm³/mol. The van der Waals surface area contributed by atoms with Crippen molar-refractivity contribution < 1.29 is 37.9 Å². The van der Waals surface area contributed by atoms with Crippen LogP contribution in [0.15, 0.2) is 29.0 Å². The predicted octanol–water partition coefficient (Wildman–Crippen LogP) is 1.14. The Balaban J connectivity index is 1.41. The van der Waals surface area contributed by atoms with E-state index in [1.165, 1.54) is 17.3 Å². The largest absolute Gasteiger partial charge is 0.446 e. The molecule has 0 radical (unpaired) electrons. The maximum atomic E-state index is 16.4. The number of urea groups is 1. The molecule has 15 heteroatoms. The number of benzene rings is 1. The van der Waals surface area contributed by atoms with E-state index in [2.05, 4.69) is 25.8 Å². The molecule has 1 aromatic carbocycles. The number of halogens is 1.